The monoisotopic (exact) mass is 335 g/mol. The van der Waals surface area contributed by atoms with Crippen LogP contribution in [0, 0.1) is 6.92 Å². The van der Waals surface area contributed by atoms with Crippen LogP contribution in [0.5, 0.6) is 0 Å². The van der Waals surface area contributed by atoms with E-state index in [0.717, 1.165) is 16.8 Å². The number of carbonyl (C=O) groups excluding carboxylic acids is 1. The molecule has 0 saturated heterocycles. The molecule has 25 heavy (non-hydrogen) atoms. The first-order valence-corrected chi connectivity index (χ1v) is 7.98. The Hall–Kier alpha value is -3.35. The zero-order valence-corrected chi connectivity index (χ0v) is 13.8. The lowest BCUT2D eigenvalue weighted by molar-refractivity contribution is 0.0933. The van der Waals surface area contributed by atoms with E-state index in [1.54, 1.807) is 6.07 Å². The molecule has 0 saturated carbocycles. The normalized spacial score (nSPS) is 12.4. The number of furan rings is 1. The average Bonchev–Trinajstić information content (AvgIpc) is 3.33. The summed E-state index contributed by atoms with van der Waals surface area (Å²) >= 11 is 0. The van der Waals surface area contributed by atoms with Gasteiger partial charge in [0.15, 0.2) is 11.5 Å². The third kappa shape index (κ3) is 2.91. The molecule has 0 aliphatic carbocycles. The molecule has 0 fully saturated rings. The molecule has 0 aliphatic heterocycles. The second kappa shape index (κ2) is 5.94. The smallest absolute Gasteiger partial charge is 0.272 e. The molecular formula is C18H17N5O2. The summed E-state index contributed by atoms with van der Waals surface area (Å²) in [6, 6.07) is 12.8. The number of nitrogens with zero attached hydrogens (tertiary/aromatic N) is 2. The van der Waals surface area contributed by atoms with E-state index in [1.807, 2.05) is 50.2 Å². The van der Waals surface area contributed by atoms with Crippen LogP contribution < -0.4 is 5.32 Å². The molecule has 3 N–H and O–H groups in total. The van der Waals surface area contributed by atoms with Gasteiger partial charge in [-0.05, 0) is 38.1 Å². The summed E-state index contributed by atoms with van der Waals surface area (Å²) in [7, 11) is 0. The molecule has 1 amide bonds. The zero-order chi connectivity index (χ0) is 17.4. The van der Waals surface area contributed by atoms with Crippen LogP contribution in [0.1, 0.15) is 35.0 Å². The molecule has 3 heterocycles. The van der Waals surface area contributed by atoms with Gasteiger partial charge in [-0.3, -0.25) is 9.89 Å². The van der Waals surface area contributed by atoms with E-state index in [-0.39, 0.29) is 11.9 Å². The van der Waals surface area contributed by atoms with Gasteiger partial charge in [-0.1, -0.05) is 12.1 Å². The quantitative estimate of drug-likeness (QED) is 0.532. The lowest BCUT2D eigenvalue weighted by Gasteiger charge is -2.09. The number of nitrogens with one attached hydrogen (secondary N) is 3. The van der Waals surface area contributed by atoms with Gasteiger partial charge in [-0.2, -0.15) is 5.10 Å². The number of hydrogen-bond acceptors (Lipinski definition) is 4. The predicted octanol–water partition coefficient (Wildman–Crippen LogP) is 3.35. The van der Waals surface area contributed by atoms with E-state index in [0.29, 0.717) is 23.0 Å². The summed E-state index contributed by atoms with van der Waals surface area (Å²) in [5.74, 6) is 1.87. The van der Waals surface area contributed by atoms with E-state index >= 15 is 0 Å². The third-order valence-corrected chi connectivity index (χ3v) is 3.98. The highest BCUT2D eigenvalue weighted by molar-refractivity contribution is 5.93. The van der Waals surface area contributed by atoms with Crippen molar-refractivity contribution >= 4 is 16.9 Å². The van der Waals surface area contributed by atoms with Crippen molar-refractivity contribution in [3.05, 3.63) is 59.7 Å². The number of rotatable bonds is 4. The van der Waals surface area contributed by atoms with Gasteiger partial charge in [-0.15, -0.1) is 0 Å². The van der Waals surface area contributed by atoms with Crippen molar-refractivity contribution in [2.45, 2.75) is 19.9 Å². The first kappa shape index (κ1) is 15.2. The van der Waals surface area contributed by atoms with E-state index < -0.39 is 0 Å². The largest absolute Gasteiger partial charge is 0.460 e. The van der Waals surface area contributed by atoms with Gasteiger partial charge in [0.05, 0.1) is 17.1 Å². The first-order valence-electron chi connectivity index (χ1n) is 7.98. The van der Waals surface area contributed by atoms with Gasteiger partial charge in [0.1, 0.15) is 17.3 Å². The second-order valence-corrected chi connectivity index (χ2v) is 5.91. The molecular weight excluding hydrogens is 318 g/mol. The number of imidazole rings is 1. The van der Waals surface area contributed by atoms with Gasteiger partial charge in [0.2, 0.25) is 0 Å². The average molecular weight is 335 g/mol. The minimum atomic E-state index is -0.279. The number of carbonyl (C=O) groups is 1. The summed E-state index contributed by atoms with van der Waals surface area (Å²) in [6.07, 6.45) is 0. The Morgan fingerprint density at radius 2 is 2.08 bits per heavy atom. The van der Waals surface area contributed by atoms with Crippen LogP contribution in [0.15, 0.2) is 46.9 Å². The minimum Gasteiger partial charge on any atom is -0.460 e. The summed E-state index contributed by atoms with van der Waals surface area (Å²) in [5.41, 5.74) is 2.77. The maximum atomic E-state index is 12.4. The van der Waals surface area contributed by atoms with E-state index in [9.17, 15) is 4.79 Å². The molecule has 0 unspecified atom stereocenters. The van der Waals surface area contributed by atoms with Crippen LogP contribution in [-0.4, -0.2) is 26.1 Å². The van der Waals surface area contributed by atoms with Crippen molar-refractivity contribution in [3.8, 4) is 11.5 Å². The Morgan fingerprint density at radius 3 is 2.84 bits per heavy atom. The van der Waals surface area contributed by atoms with E-state index in [2.05, 4.69) is 25.5 Å². The highest BCUT2D eigenvalue weighted by Gasteiger charge is 2.18. The lowest BCUT2D eigenvalue weighted by Crippen LogP contribution is -2.27. The summed E-state index contributed by atoms with van der Waals surface area (Å²) < 4.78 is 5.53. The van der Waals surface area contributed by atoms with Crippen molar-refractivity contribution in [1.82, 2.24) is 25.5 Å². The predicted molar refractivity (Wildman–Crippen MR) is 93.0 cm³/mol. The topological polar surface area (TPSA) is 99.6 Å². The van der Waals surface area contributed by atoms with Gasteiger partial charge < -0.3 is 14.7 Å². The number of aromatic amines is 2. The number of para-hydroxylation sites is 2. The maximum Gasteiger partial charge on any atom is 0.272 e. The fourth-order valence-electron chi connectivity index (χ4n) is 2.66. The number of aryl methyl sites for hydroxylation is 1. The highest BCUT2D eigenvalue weighted by atomic mass is 16.3. The van der Waals surface area contributed by atoms with Gasteiger partial charge >= 0.3 is 0 Å². The Kier molecular flexibility index (Phi) is 3.61. The van der Waals surface area contributed by atoms with Crippen LogP contribution in [0.3, 0.4) is 0 Å². The Morgan fingerprint density at radius 1 is 1.24 bits per heavy atom. The number of amides is 1. The number of fused-ring (bicyclic) bond motifs is 1. The Balaban J connectivity index is 1.50. The lowest BCUT2D eigenvalue weighted by atomic mass is 10.2. The van der Waals surface area contributed by atoms with E-state index in [4.69, 9.17) is 4.42 Å². The zero-order valence-electron chi connectivity index (χ0n) is 13.8. The van der Waals surface area contributed by atoms with Gasteiger partial charge in [0, 0.05) is 6.07 Å². The SMILES string of the molecule is Cc1ccc(-c2cc(C(=O)N[C@@H](C)c3nc4ccccc4[nH]3)n[nH]2)o1. The van der Waals surface area contributed by atoms with Crippen molar-refractivity contribution in [3.63, 3.8) is 0 Å². The van der Waals surface area contributed by atoms with Gasteiger partial charge in [-0.25, -0.2) is 4.98 Å². The Bertz CT molecular complexity index is 1010. The molecule has 7 nitrogen and oxygen atoms in total. The van der Waals surface area contributed by atoms with E-state index in [1.165, 1.54) is 0 Å². The van der Waals surface area contributed by atoms with Gasteiger partial charge in [0.25, 0.3) is 5.91 Å². The molecule has 7 heteroatoms. The highest BCUT2D eigenvalue weighted by Crippen LogP contribution is 2.21. The molecule has 0 aliphatic rings. The molecule has 1 atom stereocenters. The molecule has 126 valence electrons. The minimum absolute atomic E-state index is 0.272. The molecule has 0 spiro atoms. The van der Waals surface area contributed by atoms with Crippen LogP contribution in [0.25, 0.3) is 22.5 Å². The molecule has 4 aromatic rings. The Labute approximate surface area is 143 Å². The number of benzene rings is 1. The van der Waals surface area contributed by atoms with Crippen molar-refractivity contribution in [1.29, 1.82) is 0 Å². The molecule has 4 rings (SSSR count). The third-order valence-electron chi connectivity index (χ3n) is 3.98. The number of aromatic nitrogens is 4. The van der Waals surface area contributed by atoms with Crippen LogP contribution >= 0.6 is 0 Å². The molecule has 0 radical (unpaired) electrons. The fourth-order valence-corrected chi connectivity index (χ4v) is 2.66. The summed E-state index contributed by atoms with van der Waals surface area (Å²) in [6.45, 7) is 3.74. The summed E-state index contributed by atoms with van der Waals surface area (Å²) in [4.78, 5) is 20.1. The number of H-pyrrole nitrogens is 2. The van der Waals surface area contributed by atoms with Crippen LogP contribution in [-0.2, 0) is 0 Å². The van der Waals surface area contributed by atoms with Crippen molar-refractivity contribution in [2.24, 2.45) is 0 Å². The first-order chi connectivity index (χ1) is 12.1. The second-order valence-electron chi connectivity index (χ2n) is 5.91. The van der Waals surface area contributed by atoms with Crippen molar-refractivity contribution in [2.75, 3.05) is 0 Å². The number of hydrogen-bond donors (Lipinski definition) is 3. The fraction of sp³-hybridized carbons (Fsp3) is 0.167. The maximum absolute atomic E-state index is 12.4. The summed E-state index contributed by atoms with van der Waals surface area (Å²) in [5, 5.41) is 9.78. The standard InChI is InChI=1S/C18H17N5O2/c1-10-7-8-16(25-10)14-9-15(23-22-14)18(24)19-11(2)17-20-12-5-3-4-6-13(12)21-17/h3-9,11H,1-2H3,(H,19,24)(H,20,21)(H,22,23)/t11-/m0/s1. The molecule has 0 bridgehead atoms. The van der Waals surface area contributed by atoms with Crippen molar-refractivity contribution < 1.29 is 9.21 Å². The van der Waals surface area contributed by atoms with Crippen LogP contribution in [0.4, 0.5) is 0 Å². The molecule has 3 aromatic heterocycles. The molecule has 1 aromatic carbocycles. The van der Waals surface area contributed by atoms with Crippen LogP contribution in [0.2, 0.25) is 0 Å².